The number of anilines is 2. The van der Waals surface area contributed by atoms with E-state index in [2.05, 4.69) is 28.1 Å². The zero-order valence-electron chi connectivity index (χ0n) is 18.0. The van der Waals surface area contributed by atoms with Gasteiger partial charge in [0.1, 0.15) is 11.5 Å². The zero-order valence-corrected chi connectivity index (χ0v) is 18.0. The van der Waals surface area contributed by atoms with Gasteiger partial charge in [-0.05, 0) is 84.8 Å². The predicted octanol–water partition coefficient (Wildman–Crippen LogP) is 5.06. The lowest BCUT2D eigenvalue weighted by molar-refractivity contribution is -0.116. The lowest BCUT2D eigenvalue weighted by Crippen LogP contribution is -2.27. The normalized spacial score (nSPS) is 14.8. The van der Waals surface area contributed by atoms with Gasteiger partial charge in [-0.1, -0.05) is 6.07 Å². The summed E-state index contributed by atoms with van der Waals surface area (Å²) in [6, 6.07) is 16.4. The second kappa shape index (κ2) is 10.0. The van der Waals surface area contributed by atoms with Gasteiger partial charge in [-0.3, -0.25) is 4.79 Å². The fourth-order valence-corrected chi connectivity index (χ4v) is 4.06. The van der Waals surface area contributed by atoms with Crippen molar-refractivity contribution in [2.45, 2.75) is 38.1 Å². The molecule has 4 rings (SSSR count). The minimum Gasteiger partial charge on any atom is -0.497 e. The quantitative estimate of drug-likeness (QED) is 0.486. The monoisotopic (exact) mass is 433 g/mol. The van der Waals surface area contributed by atoms with Crippen molar-refractivity contribution in [3.05, 3.63) is 77.7 Å². The van der Waals surface area contributed by atoms with Crippen molar-refractivity contribution in [1.82, 2.24) is 5.32 Å². The molecule has 1 aliphatic rings. The number of benzene rings is 2. The van der Waals surface area contributed by atoms with Gasteiger partial charge in [-0.25, -0.2) is 4.79 Å². The van der Waals surface area contributed by atoms with Crippen LogP contribution in [0.25, 0.3) is 0 Å². The lowest BCUT2D eigenvalue weighted by atomic mass is 9.81. The molecule has 7 heteroatoms. The third kappa shape index (κ3) is 5.49. The van der Waals surface area contributed by atoms with E-state index in [1.807, 2.05) is 6.07 Å². The largest absolute Gasteiger partial charge is 0.497 e. The topological polar surface area (TPSA) is 92.6 Å². The molecule has 166 valence electrons. The predicted molar refractivity (Wildman–Crippen MR) is 123 cm³/mol. The van der Waals surface area contributed by atoms with Crippen molar-refractivity contribution < 1.29 is 18.7 Å². The van der Waals surface area contributed by atoms with Crippen LogP contribution in [0.5, 0.6) is 5.75 Å². The number of aryl methyl sites for hydroxylation is 1. The summed E-state index contributed by atoms with van der Waals surface area (Å²) in [7, 11) is 1.67. The second-order valence-electron chi connectivity index (χ2n) is 7.87. The maximum absolute atomic E-state index is 12.6. The highest BCUT2D eigenvalue weighted by Gasteiger charge is 2.23. The SMILES string of the molecule is COc1ccc2c(c1)CCCC2CC(=O)Nc1ccc(NC(=O)NCc2ccco2)cc1. The molecule has 2 aromatic carbocycles. The van der Waals surface area contributed by atoms with Crippen molar-refractivity contribution >= 4 is 23.3 Å². The minimum absolute atomic E-state index is 0.0180. The highest BCUT2D eigenvalue weighted by Crippen LogP contribution is 2.36. The molecule has 0 bridgehead atoms. The van der Waals surface area contributed by atoms with Gasteiger partial charge in [0.15, 0.2) is 0 Å². The van der Waals surface area contributed by atoms with Crippen LogP contribution in [0.1, 0.15) is 42.1 Å². The molecule has 0 aliphatic heterocycles. The van der Waals surface area contributed by atoms with Crippen LogP contribution < -0.4 is 20.7 Å². The summed E-state index contributed by atoms with van der Waals surface area (Å²) in [6.07, 6.45) is 5.10. The first-order chi connectivity index (χ1) is 15.6. The molecule has 3 amide bonds. The number of urea groups is 1. The molecular formula is C25H27N3O4. The maximum Gasteiger partial charge on any atom is 0.319 e. The van der Waals surface area contributed by atoms with E-state index in [0.29, 0.717) is 30.1 Å². The third-order valence-corrected chi connectivity index (χ3v) is 5.65. The Morgan fingerprint density at radius 3 is 2.56 bits per heavy atom. The molecule has 3 N–H and O–H groups in total. The first kappa shape index (κ1) is 21.5. The number of nitrogens with one attached hydrogen (secondary N) is 3. The van der Waals surface area contributed by atoms with Crippen molar-refractivity contribution in [2.24, 2.45) is 0 Å². The van der Waals surface area contributed by atoms with Gasteiger partial charge in [0.2, 0.25) is 5.91 Å². The average Bonchev–Trinajstić information content (AvgIpc) is 3.32. The smallest absolute Gasteiger partial charge is 0.319 e. The molecule has 0 fully saturated rings. The van der Waals surface area contributed by atoms with Crippen LogP contribution in [0.3, 0.4) is 0 Å². The Balaban J connectivity index is 1.28. The standard InChI is InChI=1S/C25H27N3O4/c1-31-21-11-12-23-17(14-21)4-2-5-18(23)15-24(29)27-19-7-9-20(10-8-19)28-25(30)26-16-22-6-3-13-32-22/h3,6-14,18H,2,4-5,15-16H2,1H3,(H,27,29)(H2,26,28,30). The van der Waals surface area contributed by atoms with Crippen molar-refractivity contribution in [3.8, 4) is 5.75 Å². The summed E-state index contributed by atoms with van der Waals surface area (Å²) >= 11 is 0. The van der Waals surface area contributed by atoms with Crippen molar-refractivity contribution in [3.63, 3.8) is 0 Å². The van der Waals surface area contributed by atoms with Gasteiger partial charge in [0.05, 0.1) is 19.9 Å². The number of hydrogen-bond donors (Lipinski definition) is 3. The van der Waals surface area contributed by atoms with E-state index in [4.69, 9.17) is 9.15 Å². The number of carbonyl (C=O) groups is 2. The van der Waals surface area contributed by atoms with E-state index in [1.165, 1.54) is 11.1 Å². The second-order valence-corrected chi connectivity index (χ2v) is 7.87. The highest BCUT2D eigenvalue weighted by atomic mass is 16.5. The number of fused-ring (bicyclic) bond motifs is 1. The van der Waals surface area contributed by atoms with Gasteiger partial charge in [-0.2, -0.15) is 0 Å². The molecule has 1 heterocycles. The van der Waals surface area contributed by atoms with Gasteiger partial charge in [-0.15, -0.1) is 0 Å². The molecule has 7 nitrogen and oxygen atoms in total. The summed E-state index contributed by atoms with van der Waals surface area (Å²) in [5, 5.41) is 8.44. The Morgan fingerprint density at radius 2 is 1.84 bits per heavy atom. The van der Waals surface area contributed by atoms with Crippen LogP contribution in [0, 0.1) is 0 Å². The Morgan fingerprint density at radius 1 is 1.06 bits per heavy atom. The molecule has 1 atom stereocenters. The zero-order chi connectivity index (χ0) is 22.3. The number of hydrogen-bond acceptors (Lipinski definition) is 4. The Hall–Kier alpha value is -3.74. The summed E-state index contributed by atoms with van der Waals surface area (Å²) in [6.45, 7) is 0.310. The summed E-state index contributed by atoms with van der Waals surface area (Å²) in [5.74, 6) is 1.73. The van der Waals surface area contributed by atoms with E-state index < -0.39 is 0 Å². The highest BCUT2D eigenvalue weighted by molar-refractivity contribution is 5.92. The van der Waals surface area contributed by atoms with Crippen LogP contribution in [0.15, 0.2) is 65.3 Å². The average molecular weight is 434 g/mol. The molecule has 1 aliphatic carbocycles. The lowest BCUT2D eigenvalue weighted by Gasteiger charge is -2.25. The van der Waals surface area contributed by atoms with Gasteiger partial charge in [0.25, 0.3) is 0 Å². The summed E-state index contributed by atoms with van der Waals surface area (Å²) < 4.78 is 10.5. The fourth-order valence-electron chi connectivity index (χ4n) is 4.06. The number of ether oxygens (including phenoxy) is 1. The third-order valence-electron chi connectivity index (χ3n) is 5.65. The Bertz CT molecular complexity index is 1060. The molecular weight excluding hydrogens is 406 g/mol. The van der Waals surface area contributed by atoms with Crippen molar-refractivity contribution in [2.75, 3.05) is 17.7 Å². The van der Waals surface area contributed by atoms with Crippen LogP contribution in [0.4, 0.5) is 16.2 Å². The van der Waals surface area contributed by atoms with E-state index in [0.717, 1.165) is 25.0 Å². The van der Waals surface area contributed by atoms with Gasteiger partial charge < -0.3 is 25.1 Å². The molecule has 1 unspecified atom stereocenters. The number of rotatable bonds is 7. The van der Waals surface area contributed by atoms with Crippen molar-refractivity contribution in [1.29, 1.82) is 0 Å². The van der Waals surface area contributed by atoms with Crippen LogP contribution in [-0.2, 0) is 17.8 Å². The van der Waals surface area contributed by atoms with E-state index in [9.17, 15) is 9.59 Å². The van der Waals surface area contributed by atoms with E-state index in [1.54, 1.807) is 49.8 Å². The molecule has 0 radical (unpaired) electrons. The first-order valence-corrected chi connectivity index (χ1v) is 10.7. The Kier molecular flexibility index (Phi) is 6.75. The molecule has 0 spiro atoms. The maximum atomic E-state index is 12.6. The fraction of sp³-hybridized carbons (Fsp3) is 0.280. The molecule has 3 aromatic rings. The minimum atomic E-state index is -0.328. The Labute approximate surface area is 187 Å². The van der Waals surface area contributed by atoms with Crippen LogP contribution >= 0.6 is 0 Å². The van der Waals surface area contributed by atoms with Crippen LogP contribution in [0.2, 0.25) is 0 Å². The van der Waals surface area contributed by atoms with Gasteiger partial charge in [0, 0.05) is 17.8 Å². The molecule has 0 saturated heterocycles. The molecule has 32 heavy (non-hydrogen) atoms. The van der Waals surface area contributed by atoms with Gasteiger partial charge >= 0.3 is 6.03 Å². The van der Waals surface area contributed by atoms with Crippen LogP contribution in [-0.4, -0.2) is 19.0 Å². The summed E-state index contributed by atoms with van der Waals surface area (Å²) in [5.41, 5.74) is 3.85. The number of methoxy groups -OCH3 is 1. The number of furan rings is 1. The van der Waals surface area contributed by atoms with E-state index >= 15 is 0 Å². The number of carbonyl (C=O) groups excluding carboxylic acids is 2. The first-order valence-electron chi connectivity index (χ1n) is 10.7. The molecule has 1 aromatic heterocycles. The molecule has 0 saturated carbocycles. The summed E-state index contributed by atoms with van der Waals surface area (Å²) in [4.78, 5) is 24.6. The number of amides is 3. The van der Waals surface area contributed by atoms with E-state index in [-0.39, 0.29) is 17.9 Å².